The van der Waals surface area contributed by atoms with Crippen LogP contribution in [0, 0.1) is 16.0 Å². The fraction of sp³-hybridized carbons (Fsp3) is 0.333. The van der Waals surface area contributed by atoms with Gasteiger partial charge in [0.05, 0.1) is 18.0 Å². The molecule has 0 aliphatic carbocycles. The van der Waals surface area contributed by atoms with E-state index in [2.05, 4.69) is 31.1 Å². The first-order valence-electron chi connectivity index (χ1n) is 8.47. The Hall–Kier alpha value is -2.68. The third-order valence-electron chi connectivity index (χ3n) is 4.50. The number of nitrogens with one attached hydrogen (secondary N) is 1. The normalized spacial score (nSPS) is 16.7. The number of pyridine rings is 1. The van der Waals surface area contributed by atoms with Gasteiger partial charge < -0.3 is 15.0 Å². The van der Waals surface area contributed by atoms with Crippen molar-refractivity contribution in [2.45, 2.75) is 12.8 Å². The lowest BCUT2D eigenvalue weighted by atomic mass is 9.96. The molecule has 1 fully saturated rings. The number of ether oxygens (including phenoxy) is 1. The summed E-state index contributed by atoms with van der Waals surface area (Å²) in [5.41, 5.74) is 0.727. The highest BCUT2D eigenvalue weighted by molar-refractivity contribution is 9.10. The van der Waals surface area contributed by atoms with Crippen molar-refractivity contribution in [3.63, 3.8) is 0 Å². The molecule has 0 spiro atoms. The van der Waals surface area contributed by atoms with Crippen molar-refractivity contribution in [2.75, 3.05) is 30.4 Å². The van der Waals surface area contributed by atoms with Crippen LogP contribution in [0.1, 0.15) is 12.8 Å². The highest BCUT2D eigenvalue weighted by Gasteiger charge is 2.27. The van der Waals surface area contributed by atoms with Crippen LogP contribution >= 0.6 is 15.9 Å². The molecule has 9 heteroatoms. The minimum atomic E-state index is -0.472. The van der Waals surface area contributed by atoms with Gasteiger partial charge in [-0.1, -0.05) is 0 Å². The van der Waals surface area contributed by atoms with Gasteiger partial charge in [-0.3, -0.25) is 14.9 Å². The number of nitro benzene ring substituents is 1. The molecule has 1 atom stereocenters. The molecule has 3 rings (SSSR count). The summed E-state index contributed by atoms with van der Waals surface area (Å²) >= 11 is 3.31. The van der Waals surface area contributed by atoms with Crippen molar-refractivity contribution in [1.82, 2.24) is 4.98 Å². The Morgan fingerprint density at radius 3 is 2.89 bits per heavy atom. The maximum Gasteiger partial charge on any atom is 0.311 e. The maximum absolute atomic E-state index is 12.6. The molecule has 1 N–H and O–H groups in total. The number of nitrogens with zero attached hydrogens (tertiary/aromatic N) is 3. The molecule has 1 amide bonds. The number of piperidine rings is 1. The third-order valence-corrected chi connectivity index (χ3v) is 4.97. The summed E-state index contributed by atoms with van der Waals surface area (Å²) in [6.07, 6.45) is 3.26. The zero-order valence-electron chi connectivity index (χ0n) is 14.7. The number of halogens is 1. The van der Waals surface area contributed by atoms with E-state index in [0.717, 1.165) is 29.5 Å². The average molecular weight is 435 g/mol. The lowest BCUT2D eigenvalue weighted by Crippen LogP contribution is -2.40. The number of hydrogen-bond acceptors (Lipinski definition) is 6. The Morgan fingerprint density at radius 2 is 2.22 bits per heavy atom. The Kier molecular flexibility index (Phi) is 5.90. The number of rotatable bonds is 5. The Labute approximate surface area is 164 Å². The Morgan fingerprint density at radius 1 is 1.41 bits per heavy atom. The standard InChI is InChI=1S/C18H19BrN4O4/c1-27-16-9-14(5-6-15(16)23(25)26)22-8-2-3-12(11-22)18(24)21-17-7-4-13(19)10-20-17/h4-7,9-10,12H,2-3,8,11H2,1H3,(H,20,21,24). The second-order valence-electron chi connectivity index (χ2n) is 6.25. The molecule has 1 aromatic heterocycles. The van der Waals surface area contributed by atoms with Gasteiger partial charge in [0, 0.05) is 41.6 Å². The van der Waals surface area contributed by atoms with Crippen molar-refractivity contribution in [2.24, 2.45) is 5.92 Å². The van der Waals surface area contributed by atoms with Crippen LogP contribution in [0.25, 0.3) is 0 Å². The molecule has 0 bridgehead atoms. The molecule has 0 radical (unpaired) electrons. The van der Waals surface area contributed by atoms with Crippen molar-refractivity contribution < 1.29 is 14.5 Å². The van der Waals surface area contributed by atoms with Crippen molar-refractivity contribution in [3.8, 4) is 5.75 Å². The van der Waals surface area contributed by atoms with Gasteiger partial charge in [0.1, 0.15) is 5.82 Å². The van der Waals surface area contributed by atoms with E-state index in [1.807, 2.05) is 6.07 Å². The number of carbonyl (C=O) groups is 1. The number of benzene rings is 1. The molecule has 1 unspecified atom stereocenters. The van der Waals surface area contributed by atoms with Gasteiger partial charge in [0.25, 0.3) is 0 Å². The van der Waals surface area contributed by atoms with Crippen LogP contribution in [-0.4, -0.2) is 36.0 Å². The molecule has 1 aliphatic heterocycles. The number of aromatic nitrogens is 1. The quantitative estimate of drug-likeness (QED) is 0.569. The summed E-state index contributed by atoms with van der Waals surface area (Å²) in [4.78, 5) is 29.4. The molecule has 2 heterocycles. The number of carbonyl (C=O) groups excluding carboxylic acids is 1. The van der Waals surface area contributed by atoms with E-state index in [0.29, 0.717) is 12.4 Å². The van der Waals surface area contributed by atoms with E-state index in [-0.39, 0.29) is 23.3 Å². The zero-order valence-corrected chi connectivity index (χ0v) is 16.3. The second-order valence-corrected chi connectivity index (χ2v) is 7.17. The summed E-state index contributed by atoms with van der Waals surface area (Å²) in [6, 6.07) is 8.33. The van der Waals surface area contributed by atoms with Crippen molar-refractivity contribution in [1.29, 1.82) is 0 Å². The van der Waals surface area contributed by atoms with Gasteiger partial charge in [0.15, 0.2) is 5.75 Å². The topological polar surface area (TPSA) is 97.6 Å². The van der Waals surface area contributed by atoms with Crippen LogP contribution in [0.15, 0.2) is 41.0 Å². The van der Waals surface area contributed by atoms with E-state index >= 15 is 0 Å². The smallest absolute Gasteiger partial charge is 0.311 e. The van der Waals surface area contributed by atoms with Gasteiger partial charge in [-0.15, -0.1) is 0 Å². The summed E-state index contributed by atoms with van der Waals surface area (Å²) in [6.45, 7) is 1.31. The van der Waals surface area contributed by atoms with Crippen LogP contribution < -0.4 is 15.0 Å². The monoisotopic (exact) mass is 434 g/mol. The minimum Gasteiger partial charge on any atom is -0.490 e. The van der Waals surface area contributed by atoms with E-state index < -0.39 is 4.92 Å². The predicted molar refractivity (Wildman–Crippen MR) is 105 cm³/mol. The molecular formula is C18H19BrN4O4. The van der Waals surface area contributed by atoms with Gasteiger partial charge in [0.2, 0.25) is 5.91 Å². The Bertz CT molecular complexity index is 844. The van der Waals surface area contributed by atoms with E-state index in [1.54, 1.807) is 24.4 Å². The Balaban J connectivity index is 1.71. The van der Waals surface area contributed by atoms with Crippen LogP contribution in [-0.2, 0) is 4.79 Å². The second kappa shape index (κ2) is 8.34. The number of amides is 1. The van der Waals surface area contributed by atoms with Gasteiger partial charge in [-0.25, -0.2) is 4.98 Å². The fourth-order valence-electron chi connectivity index (χ4n) is 3.12. The molecule has 1 aromatic carbocycles. The van der Waals surface area contributed by atoms with Gasteiger partial charge in [-0.05, 0) is 47.0 Å². The molecule has 142 valence electrons. The molecule has 1 aliphatic rings. The summed E-state index contributed by atoms with van der Waals surface area (Å²) in [7, 11) is 1.41. The predicted octanol–water partition coefficient (Wildman–Crippen LogP) is 3.62. The highest BCUT2D eigenvalue weighted by atomic mass is 79.9. The molecule has 1 saturated heterocycles. The van der Waals surface area contributed by atoms with Crippen LogP contribution in [0.3, 0.4) is 0 Å². The lowest BCUT2D eigenvalue weighted by molar-refractivity contribution is -0.385. The van der Waals surface area contributed by atoms with E-state index in [1.165, 1.54) is 13.2 Å². The van der Waals surface area contributed by atoms with Crippen molar-refractivity contribution >= 4 is 39.0 Å². The molecule has 2 aromatic rings. The van der Waals surface area contributed by atoms with Crippen LogP contribution in [0.5, 0.6) is 5.75 Å². The van der Waals surface area contributed by atoms with E-state index in [4.69, 9.17) is 4.74 Å². The van der Waals surface area contributed by atoms with Gasteiger partial charge in [-0.2, -0.15) is 0 Å². The molecule has 8 nitrogen and oxygen atoms in total. The summed E-state index contributed by atoms with van der Waals surface area (Å²) in [5.74, 6) is 0.453. The fourth-order valence-corrected chi connectivity index (χ4v) is 3.35. The highest BCUT2D eigenvalue weighted by Crippen LogP contribution is 2.33. The zero-order chi connectivity index (χ0) is 19.4. The van der Waals surface area contributed by atoms with Crippen LogP contribution in [0.2, 0.25) is 0 Å². The number of nitro groups is 1. The minimum absolute atomic E-state index is 0.0751. The first-order valence-corrected chi connectivity index (χ1v) is 9.27. The first kappa shape index (κ1) is 19.1. The maximum atomic E-state index is 12.6. The number of anilines is 2. The average Bonchev–Trinajstić information content (AvgIpc) is 2.69. The number of methoxy groups -OCH3 is 1. The van der Waals surface area contributed by atoms with E-state index in [9.17, 15) is 14.9 Å². The largest absolute Gasteiger partial charge is 0.490 e. The summed E-state index contributed by atoms with van der Waals surface area (Å²) in [5, 5.41) is 13.9. The molecule has 0 saturated carbocycles. The van der Waals surface area contributed by atoms with Crippen LogP contribution in [0.4, 0.5) is 17.2 Å². The van der Waals surface area contributed by atoms with Gasteiger partial charge >= 0.3 is 5.69 Å². The first-order chi connectivity index (χ1) is 13.0. The number of hydrogen-bond donors (Lipinski definition) is 1. The lowest BCUT2D eigenvalue weighted by Gasteiger charge is -2.33. The molecular weight excluding hydrogens is 416 g/mol. The summed E-state index contributed by atoms with van der Waals surface area (Å²) < 4.78 is 5.99. The third kappa shape index (κ3) is 4.54. The van der Waals surface area contributed by atoms with Crippen molar-refractivity contribution in [3.05, 3.63) is 51.1 Å². The SMILES string of the molecule is COc1cc(N2CCCC(C(=O)Nc3ccc(Br)cn3)C2)ccc1[N+](=O)[O-]. The molecule has 27 heavy (non-hydrogen) atoms.